The molecule has 3 aromatic rings. The Morgan fingerprint density at radius 1 is 1.08 bits per heavy atom. The lowest BCUT2D eigenvalue weighted by Crippen LogP contribution is -2.32. The molecule has 6 heteroatoms. The van der Waals surface area contributed by atoms with Crippen LogP contribution in [0.4, 0.5) is 0 Å². The zero-order valence-electron chi connectivity index (χ0n) is 13.7. The van der Waals surface area contributed by atoms with Gasteiger partial charge in [0, 0.05) is 29.7 Å². The molecule has 1 N–H and O–H groups in total. The summed E-state index contributed by atoms with van der Waals surface area (Å²) in [6, 6.07) is 10.4. The summed E-state index contributed by atoms with van der Waals surface area (Å²) in [6.45, 7) is 0. The molecule has 1 saturated heterocycles. The van der Waals surface area contributed by atoms with Crippen LogP contribution < -0.4 is 5.32 Å². The first kappa shape index (κ1) is 16.6. The average Bonchev–Trinajstić information content (AvgIpc) is 3.15. The van der Waals surface area contributed by atoms with Crippen LogP contribution in [0, 0.1) is 0 Å². The van der Waals surface area contributed by atoms with E-state index in [1.165, 1.54) is 0 Å². The number of nitrogens with one attached hydrogen (secondary N) is 1. The Hall–Kier alpha value is -1.82. The minimum atomic E-state index is 0.177. The highest BCUT2D eigenvalue weighted by Gasteiger charge is 2.26. The molecule has 1 aliphatic heterocycles. The molecule has 4 nitrogen and oxygen atoms in total. The molecule has 2 atom stereocenters. The highest BCUT2D eigenvalue weighted by molar-refractivity contribution is 7.07. The first-order valence-electron chi connectivity index (χ1n) is 8.49. The molecule has 0 radical (unpaired) electrons. The van der Waals surface area contributed by atoms with Crippen molar-refractivity contribution in [2.45, 2.75) is 37.8 Å². The zero-order chi connectivity index (χ0) is 17.1. The molecular formula is C19H19ClN4S. The van der Waals surface area contributed by atoms with Gasteiger partial charge < -0.3 is 5.32 Å². The number of halogens is 1. The van der Waals surface area contributed by atoms with E-state index < -0.39 is 0 Å². The molecule has 3 aromatic heterocycles. The van der Waals surface area contributed by atoms with E-state index >= 15 is 0 Å². The maximum atomic E-state index is 6.33. The van der Waals surface area contributed by atoms with Crippen LogP contribution in [-0.2, 0) is 6.42 Å². The van der Waals surface area contributed by atoms with E-state index in [9.17, 15) is 0 Å². The predicted molar refractivity (Wildman–Crippen MR) is 101 cm³/mol. The van der Waals surface area contributed by atoms with Gasteiger partial charge in [0.1, 0.15) is 0 Å². The number of thiazole rings is 1. The van der Waals surface area contributed by atoms with Crippen molar-refractivity contribution in [1.82, 2.24) is 20.3 Å². The Morgan fingerprint density at radius 3 is 2.84 bits per heavy atom. The van der Waals surface area contributed by atoms with Crippen LogP contribution in [-0.4, -0.2) is 15.0 Å². The smallest absolute Gasteiger partial charge is 0.0794 e. The summed E-state index contributed by atoms with van der Waals surface area (Å²) < 4.78 is 0. The van der Waals surface area contributed by atoms with Gasteiger partial charge in [0.05, 0.1) is 33.7 Å². The van der Waals surface area contributed by atoms with Crippen LogP contribution in [0.1, 0.15) is 54.1 Å². The monoisotopic (exact) mass is 370 g/mol. The Bertz CT molecular complexity index is 837. The molecule has 128 valence electrons. The highest BCUT2D eigenvalue weighted by atomic mass is 35.5. The van der Waals surface area contributed by atoms with E-state index in [1.807, 2.05) is 17.6 Å². The van der Waals surface area contributed by atoms with Gasteiger partial charge in [-0.05, 0) is 43.5 Å². The van der Waals surface area contributed by atoms with E-state index in [4.69, 9.17) is 16.6 Å². The quantitative estimate of drug-likeness (QED) is 0.721. The summed E-state index contributed by atoms with van der Waals surface area (Å²) in [5.41, 5.74) is 6.02. The second-order valence-corrected chi connectivity index (χ2v) is 7.41. The first-order chi connectivity index (χ1) is 12.3. The van der Waals surface area contributed by atoms with Gasteiger partial charge in [0.25, 0.3) is 0 Å². The van der Waals surface area contributed by atoms with Gasteiger partial charge in [-0.25, -0.2) is 4.98 Å². The fourth-order valence-corrected chi connectivity index (χ4v) is 4.15. The van der Waals surface area contributed by atoms with Crippen molar-refractivity contribution >= 4 is 22.9 Å². The number of hydrogen-bond donors (Lipinski definition) is 1. The van der Waals surface area contributed by atoms with Crippen LogP contribution in [0.15, 0.2) is 47.4 Å². The van der Waals surface area contributed by atoms with Crippen molar-refractivity contribution in [3.05, 3.63) is 75.2 Å². The molecule has 1 aliphatic rings. The molecule has 1 fully saturated rings. The summed E-state index contributed by atoms with van der Waals surface area (Å²) in [7, 11) is 0. The molecule has 0 aliphatic carbocycles. The number of piperidine rings is 1. The van der Waals surface area contributed by atoms with Crippen LogP contribution in [0.25, 0.3) is 0 Å². The van der Waals surface area contributed by atoms with E-state index in [2.05, 4.69) is 38.9 Å². The van der Waals surface area contributed by atoms with E-state index in [0.717, 1.165) is 53.5 Å². The van der Waals surface area contributed by atoms with Gasteiger partial charge in [0.15, 0.2) is 0 Å². The van der Waals surface area contributed by atoms with Crippen LogP contribution in [0.5, 0.6) is 0 Å². The molecule has 0 amide bonds. The number of pyridine rings is 2. The Labute approximate surface area is 156 Å². The number of nitrogens with zero attached hydrogens (tertiary/aromatic N) is 3. The molecule has 0 saturated carbocycles. The number of rotatable bonds is 4. The Balaban J connectivity index is 1.52. The third-order valence-electron chi connectivity index (χ3n) is 4.54. The largest absolute Gasteiger partial charge is 0.300 e. The van der Waals surface area contributed by atoms with Gasteiger partial charge in [-0.3, -0.25) is 9.97 Å². The SMILES string of the molecule is Clc1cccnc1[C@@H]1CCC[C@H](c2cccc(Cc3cscn3)n2)N1. The van der Waals surface area contributed by atoms with Crippen molar-refractivity contribution in [3.63, 3.8) is 0 Å². The third-order valence-corrected chi connectivity index (χ3v) is 5.49. The summed E-state index contributed by atoms with van der Waals surface area (Å²) in [4.78, 5) is 13.7. The highest BCUT2D eigenvalue weighted by Crippen LogP contribution is 2.33. The molecule has 25 heavy (non-hydrogen) atoms. The van der Waals surface area contributed by atoms with Crippen LogP contribution in [0.3, 0.4) is 0 Å². The fourth-order valence-electron chi connectivity index (χ4n) is 3.34. The van der Waals surface area contributed by atoms with Crippen molar-refractivity contribution in [3.8, 4) is 0 Å². The van der Waals surface area contributed by atoms with Crippen molar-refractivity contribution in [1.29, 1.82) is 0 Å². The molecule has 0 unspecified atom stereocenters. The molecule has 0 spiro atoms. The normalized spacial score (nSPS) is 20.5. The van der Waals surface area contributed by atoms with Crippen LogP contribution >= 0.6 is 22.9 Å². The van der Waals surface area contributed by atoms with Gasteiger partial charge in [0.2, 0.25) is 0 Å². The molecule has 4 rings (SSSR count). The van der Waals surface area contributed by atoms with E-state index in [0.29, 0.717) is 0 Å². The average molecular weight is 371 g/mol. The van der Waals surface area contributed by atoms with Crippen LogP contribution in [0.2, 0.25) is 5.02 Å². The lowest BCUT2D eigenvalue weighted by atomic mass is 9.94. The standard InChI is InChI=1S/C19H19ClN4S/c20-15-5-3-9-21-19(15)18-8-2-7-17(24-18)16-6-1-4-13(23-16)10-14-11-25-12-22-14/h1,3-6,9,11-12,17-18,24H,2,7-8,10H2/t17-,18+/m1/s1. The summed E-state index contributed by atoms with van der Waals surface area (Å²) in [5, 5.41) is 6.49. The zero-order valence-corrected chi connectivity index (χ0v) is 15.3. The lowest BCUT2D eigenvalue weighted by molar-refractivity contribution is 0.321. The first-order valence-corrected chi connectivity index (χ1v) is 9.81. The molecule has 0 aromatic carbocycles. The molecule has 4 heterocycles. The Morgan fingerprint density at radius 2 is 2.00 bits per heavy atom. The molecular weight excluding hydrogens is 352 g/mol. The second-order valence-electron chi connectivity index (χ2n) is 6.28. The fraction of sp³-hybridized carbons (Fsp3) is 0.316. The predicted octanol–water partition coefficient (Wildman–Crippen LogP) is 4.73. The maximum Gasteiger partial charge on any atom is 0.0794 e. The Kier molecular flexibility index (Phi) is 5.06. The molecule has 0 bridgehead atoms. The lowest BCUT2D eigenvalue weighted by Gasteiger charge is -2.31. The third kappa shape index (κ3) is 3.89. The van der Waals surface area contributed by atoms with Crippen molar-refractivity contribution in [2.75, 3.05) is 0 Å². The van der Waals surface area contributed by atoms with Crippen molar-refractivity contribution in [2.24, 2.45) is 0 Å². The summed E-state index contributed by atoms with van der Waals surface area (Å²) in [6.07, 6.45) is 5.84. The summed E-state index contributed by atoms with van der Waals surface area (Å²) in [5.74, 6) is 0. The van der Waals surface area contributed by atoms with Gasteiger partial charge in [-0.2, -0.15) is 0 Å². The van der Waals surface area contributed by atoms with E-state index in [-0.39, 0.29) is 12.1 Å². The van der Waals surface area contributed by atoms with Gasteiger partial charge in [-0.1, -0.05) is 17.7 Å². The summed E-state index contributed by atoms with van der Waals surface area (Å²) >= 11 is 7.95. The second kappa shape index (κ2) is 7.60. The minimum absolute atomic E-state index is 0.177. The van der Waals surface area contributed by atoms with Gasteiger partial charge in [-0.15, -0.1) is 11.3 Å². The number of aromatic nitrogens is 3. The van der Waals surface area contributed by atoms with Crippen molar-refractivity contribution < 1.29 is 0 Å². The van der Waals surface area contributed by atoms with Gasteiger partial charge >= 0.3 is 0 Å². The number of hydrogen-bond acceptors (Lipinski definition) is 5. The van der Waals surface area contributed by atoms with E-state index in [1.54, 1.807) is 17.5 Å². The topological polar surface area (TPSA) is 50.7 Å². The minimum Gasteiger partial charge on any atom is -0.300 e. The maximum absolute atomic E-state index is 6.33.